The zero-order chi connectivity index (χ0) is 16.9. The van der Waals surface area contributed by atoms with Gasteiger partial charge in [-0.25, -0.2) is 12.8 Å². The summed E-state index contributed by atoms with van der Waals surface area (Å²) in [4.78, 5) is 11.8. The van der Waals surface area contributed by atoms with Crippen molar-refractivity contribution in [2.24, 2.45) is 0 Å². The minimum Gasteiger partial charge on any atom is -0.352 e. The van der Waals surface area contributed by atoms with Crippen molar-refractivity contribution in [2.45, 2.75) is 24.8 Å². The molecule has 2 aromatic carbocycles. The second-order valence-corrected chi connectivity index (χ2v) is 7.34. The van der Waals surface area contributed by atoms with E-state index in [2.05, 4.69) is 5.32 Å². The molecule has 2 aromatic rings. The molecular formula is C17H18FNO3S. The van der Waals surface area contributed by atoms with Crippen molar-refractivity contribution in [3.63, 3.8) is 0 Å². The maximum absolute atomic E-state index is 12.8. The second-order valence-electron chi connectivity index (χ2n) is 5.23. The number of amides is 1. The molecule has 23 heavy (non-hydrogen) atoms. The molecule has 0 atom stereocenters. The molecule has 0 spiro atoms. The Hall–Kier alpha value is -2.21. The maximum Gasteiger partial charge on any atom is 0.221 e. The largest absolute Gasteiger partial charge is 0.352 e. The van der Waals surface area contributed by atoms with Gasteiger partial charge >= 0.3 is 0 Å². The van der Waals surface area contributed by atoms with Gasteiger partial charge in [0, 0.05) is 13.0 Å². The van der Waals surface area contributed by atoms with Gasteiger partial charge in [0.25, 0.3) is 0 Å². The smallest absolute Gasteiger partial charge is 0.221 e. The van der Waals surface area contributed by atoms with Crippen LogP contribution in [0.25, 0.3) is 0 Å². The van der Waals surface area contributed by atoms with Crippen LogP contribution in [-0.2, 0) is 21.2 Å². The summed E-state index contributed by atoms with van der Waals surface area (Å²) in [6.45, 7) is 2.31. The van der Waals surface area contributed by atoms with Crippen LogP contribution in [0.4, 0.5) is 4.39 Å². The first-order valence-electron chi connectivity index (χ1n) is 7.18. The van der Waals surface area contributed by atoms with Crippen LogP contribution in [-0.4, -0.2) is 20.1 Å². The Balaban J connectivity index is 1.89. The number of carbonyl (C=O) groups is 1. The number of rotatable bonds is 6. The van der Waals surface area contributed by atoms with Crippen molar-refractivity contribution >= 4 is 15.7 Å². The second kappa shape index (κ2) is 7.37. The van der Waals surface area contributed by atoms with Gasteiger partial charge in [-0.2, -0.15) is 0 Å². The first-order valence-corrected chi connectivity index (χ1v) is 8.83. The van der Waals surface area contributed by atoms with Gasteiger partial charge in [-0.1, -0.05) is 24.3 Å². The summed E-state index contributed by atoms with van der Waals surface area (Å²) in [5, 5.41) is 2.71. The third kappa shape index (κ3) is 4.89. The van der Waals surface area contributed by atoms with Crippen LogP contribution in [0.5, 0.6) is 0 Å². The van der Waals surface area contributed by atoms with Gasteiger partial charge in [0.15, 0.2) is 9.84 Å². The molecule has 0 radical (unpaired) electrons. The standard InChI is InChI=1S/C17H18FNO3S/c1-13-4-2-3-5-14(13)12-19-17(20)10-11-23(21,22)16-8-6-15(18)7-9-16/h2-9H,10-12H2,1H3,(H,19,20). The van der Waals surface area contributed by atoms with Crippen molar-refractivity contribution in [1.82, 2.24) is 5.32 Å². The van der Waals surface area contributed by atoms with Crippen LogP contribution in [0.2, 0.25) is 0 Å². The van der Waals surface area contributed by atoms with Crippen LogP contribution < -0.4 is 5.32 Å². The Kier molecular flexibility index (Phi) is 5.50. The Bertz CT molecular complexity index is 786. The summed E-state index contributed by atoms with van der Waals surface area (Å²) in [5.74, 6) is -1.14. The summed E-state index contributed by atoms with van der Waals surface area (Å²) in [7, 11) is -3.59. The Labute approximate surface area is 135 Å². The topological polar surface area (TPSA) is 63.2 Å². The fourth-order valence-electron chi connectivity index (χ4n) is 2.08. The number of nitrogens with one attached hydrogen (secondary N) is 1. The molecule has 0 aliphatic carbocycles. The van der Waals surface area contributed by atoms with Crippen molar-refractivity contribution in [1.29, 1.82) is 0 Å². The molecule has 2 rings (SSSR count). The summed E-state index contributed by atoms with van der Waals surface area (Å²) in [6, 6.07) is 12.2. The zero-order valence-corrected chi connectivity index (χ0v) is 13.6. The Morgan fingerprint density at radius 1 is 1.09 bits per heavy atom. The predicted molar refractivity (Wildman–Crippen MR) is 86.1 cm³/mol. The number of benzene rings is 2. The molecule has 0 saturated heterocycles. The van der Waals surface area contributed by atoms with E-state index in [1.54, 1.807) is 0 Å². The molecule has 6 heteroatoms. The van der Waals surface area contributed by atoms with Crippen LogP contribution in [0.3, 0.4) is 0 Å². The zero-order valence-electron chi connectivity index (χ0n) is 12.8. The summed E-state index contributed by atoms with van der Waals surface area (Å²) < 4.78 is 37.0. The SMILES string of the molecule is Cc1ccccc1CNC(=O)CCS(=O)(=O)c1ccc(F)cc1. The quantitative estimate of drug-likeness (QED) is 0.826. The van der Waals surface area contributed by atoms with Crippen molar-refractivity contribution in [3.05, 3.63) is 65.5 Å². The molecule has 0 saturated carbocycles. The molecule has 122 valence electrons. The van der Waals surface area contributed by atoms with Gasteiger partial charge in [-0.15, -0.1) is 0 Å². The van der Waals surface area contributed by atoms with E-state index in [0.29, 0.717) is 6.54 Å². The van der Waals surface area contributed by atoms with Gasteiger partial charge < -0.3 is 5.32 Å². The number of halogens is 1. The van der Waals surface area contributed by atoms with Crippen molar-refractivity contribution in [3.8, 4) is 0 Å². The van der Waals surface area contributed by atoms with Gasteiger partial charge in [0.2, 0.25) is 5.91 Å². The lowest BCUT2D eigenvalue weighted by molar-refractivity contribution is -0.120. The van der Waals surface area contributed by atoms with Crippen molar-refractivity contribution in [2.75, 3.05) is 5.75 Å². The van der Waals surface area contributed by atoms with Crippen LogP contribution in [0.15, 0.2) is 53.4 Å². The Morgan fingerprint density at radius 2 is 1.74 bits per heavy atom. The van der Waals surface area contributed by atoms with Gasteiger partial charge in [0.1, 0.15) is 5.82 Å². The molecular weight excluding hydrogens is 317 g/mol. The molecule has 0 heterocycles. The predicted octanol–water partition coefficient (Wildman–Crippen LogP) is 2.61. The molecule has 0 unspecified atom stereocenters. The highest BCUT2D eigenvalue weighted by molar-refractivity contribution is 7.91. The average molecular weight is 335 g/mol. The van der Waals surface area contributed by atoms with E-state index >= 15 is 0 Å². The third-order valence-electron chi connectivity index (χ3n) is 3.51. The summed E-state index contributed by atoms with van der Waals surface area (Å²) >= 11 is 0. The first-order chi connectivity index (χ1) is 10.9. The van der Waals surface area contributed by atoms with Crippen LogP contribution in [0.1, 0.15) is 17.5 Å². The van der Waals surface area contributed by atoms with E-state index < -0.39 is 15.7 Å². The fraction of sp³-hybridized carbons (Fsp3) is 0.235. The van der Waals surface area contributed by atoms with Gasteiger partial charge in [-0.05, 0) is 42.3 Å². The minimum absolute atomic E-state index is 0.0191. The molecule has 1 amide bonds. The molecule has 0 aromatic heterocycles. The van der Waals surface area contributed by atoms with Crippen LogP contribution >= 0.6 is 0 Å². The molecule has 4 nitrogen and oxygen atoms in total. The lowest BCUT2D eigenvalue weighted by Gasteiger charge is -2.08. The number of sulfone groups is 1. The number of hydrogen-bond donors (Lipinski definition) is 1. The molecule has 1 N–H and O–H groups in total. The fourth-order valence-corrected chi connectivity index (χ4v) is 3.32. The summed E-state index contributed by atoms with van der Waals surface area (Å²) in [5.41, 5.74) is 2.05. The number of hydrogen-bond acceptors (Lipinski definition) is 3. The van der Waals surface area contributed by atoms with Crippen molar-refractivity contribution < 1.29 is 17.6 Å². The van der Waals surface area contributed by atoms with Crippen LogP contribution in [0, 0.1) is 12.7 Å². The maximum atomic E-state index is 12.8. The highest BCUT2D eigenvalue weighted by Gasteiger charge is 2.16. The highest BCUT2D eigenvalue weighted by atomic mass is 32.2. The first kappa shape index (κ1) is 17.1. The average Bonchev–Trinajstić information content (AvgIpc) is 2.53. The Morgan fingerprint density at radius 3 is 2.39 bits per heavy atom. The van der Waals surface area contributed by atoms with E-state index in [4.69, 9.17) is 0 Å². The molecule has 0 fully saturated rings. The molecule has 0 aliphatic heterocycles. The summed E-state index contributed by atoms with van der Waals surface area (Å²) in [6.07, 6.45) is -0.133. The third-order valence-corrected chi connectivity index (χ3v) is 5.24. The number of carbonyl (C=O) groups excluding carboxylic acids is 1. The van der Waals surface area contributed by atoms with E-state index in [1.807, 2.05) is 31.2 Å². The van der Waals surface area contributed by atoms with E-state index in [-0.39, 0.29) is 23.0 Å². The van der Waals surface area contributed by atoms with E-state index in [9.17, 15) is 17.6 Å². The molecule has 0 aliphatic rings. The van der Waals surface area contributed by atoms with Gasteiger partial charge in [-0.3, -0.25) is 4.79 Å². The molecule has 0 bridgehead atoms. The number of aryl methyl sites for hydroxylation is 1. The minimum atomic E-state index is -3.59. The van der Waals surface area contributed by atoms with E-state index in [0.717, 1.165) is 23.3 Å². The lowest BCUT2D eigenvalue weighted by Crippen LogP contribution is -2.25. The highest BCUT2D eigenvalue weighted by Crippen LogP contribution is 2.13. The van der Waals surface area contributed by atoms with E-state index in [1.165, 1.54) is 12.1 Å². The lowest BCUT2D eigenvalue weighted by atomic mass is 10.1. The normalized spacial score (nSPS) is 11.2. The van der Waals surface area contributed by atoms with Gasteiger partial charge in [0.05, 0.1) is 10.6 Å². The monoisotopic (exact) mass is 335 g/mol.